The first-order chi connectivity index (χ1) is 11.7. The number of hydrogen-bond donors (Lipinski definition) is 1. The number of benzene rings is 3. The molecule has 1 N–H and O–H groups in total. The van der Waals surface area contributed by atoms with Crippen LogP contribution in [0.2, 0.25) is 0 Å². The van der Waals surface area contributed by atoms with Crippen molar-refractivity contribution in [1.29, 1.82) is 0 Å². The van der Waals surface area contributed by atoms with Gasteiger partial charge in [0.25, 0.3) is 0 Å². The summed E-state index contributed by atoms with van der Waals surface area (Å²) in [6.45, 7) is 0. The maximum atomic E-state index is 12.6. The van der Waals surface area contributed by atoms with Crippen LogP contribution >= 0.6 is 0 Å². The molecule has 0 aliphatic heterocycles. The predicted octanol–water partition coefficient (Wildman–Crippen LogP) is 4.33. The van der Waals surface area contributed by atoms with Gasteiger partial charge in [-0.05, 0) is 29.0 Å². The van der Waals surface area contributed by atoms with E-state index in [-0.39, 0.29) is 11.1 Å². The second kappa shape index (κ2) is 5.42. The number of hydrogen-bond acceptors (Lipinski definition) is 4. The first-order valence-corrected chi connectivity index (χ1v) is 7.51. The first-order valence-electron chi connectivity index (χ1n) is 7.51. The lowest BCUT2D eigenvalue weighted by molar-refractivity contribution is 0.414. The van der Waals surface area contributed by atoms with Crippen molar-refractivity contribution in [3.63, 3.8) is 0 Å². The number of fused-ring (bicyclic) bond motifs is 2. The van der Waals surface area contributed by atoms with Gasteiger partial charge < -0.3 is 14.3 Å². The molecule has 4 aromatic rings. The molecule has 0 spiro atoms. The molecule has 4 rings (SSSR count). The van der Waals surface area contributed by atoms with Crippen LogP contribution < -0.4 is 10.2 Å². The van der Waals surface area contributed by atoms with Crippen molar-refractivity contribution in [3.05, 3.63) is 70.9 Å². The summed E-state index contributed by atoms with van der Waals surface area (Å²) in [6, 6.07) is 18.4. The largest absolute Gasteiger partial charge is 0.502 e. The van der Waals surface area contributed by atoms with Crippen LogP contribution in [-0.4, -0.2) is 12.2 Å². The average molecular weight is 318 g/mol. The molecule has 4 nitrogen and oxygen atoms in total. The van der Waals surface area contributed by atoms with Crippen molar-refractivity contribution >= 4 is 21.7 Å². The fraction of sp³-hybridized carbons (Fsp3) is 0.0500. The van der Waals surface area contributed by atoms with Crippen molar-refractivity contribution in [1.82, 2.24) is 0 Å². The minimum absolute atomic E-state index is 0.175. The van der Waals surface area contributed by atoms with Crippen molar-refractivity contribution in [2.75, 3.05) is 7.11 Å². The van der Waals surface area contributed by atoms with Crippen LogP contribution in [0.5, 0.6) is 11.5 Å². The van der Waals surface area contributed by atoms with Gasteiger partial charge in [-0.2, -0.15) is 0 Å². The van der Waals surface area contributed by atoms with E-state index in [0.29, 0.717) is 16.9 Å². The lowest BCUT2D eigenvalue weighted by Crippen LogP contribution is -2.03. The summed E-state index contributed by atoms with van der Waals surface area (Å²) in [5, 5.41) is 12.6. The maximum absolute atomic E-state index is 12.6. The molecule has 0 bridgehead atoms. The van der Waals surface area contributed by atoms with Gasteiger partial charge in [0.15, 0.2) is 5.76 Å². The summed E-state index contributed by atoms with van der Waals surface area (Å²) in [5.74, 6) is 0.314. The minimum Gasteiger partial charge on any atom is -0.502 e. The third-order valence-corrected chi connectivity index (χ3v) is 4.11. The van der Waals surface area contributed by atoms with Gasteiger partial charge in [-0.3, -0.25) is 4.79 Å². The molecule has 4 heteroatoms. The summed E-state index contributed by atoms with van der Waals surface area (Å²) in [4.78, 5) is 12.6. The highest BCUT2D eigenvalue weighted by atomic mass is 16.5. The van der Waals surface area contributed by atoms with Crippen molar-refractivity contribution in [3.8, 4) is 22.8 Å². The van der Waals surface area contributed by atoms with E-state index in [1.807, 2.05) is 42.5 Å². The van der Waals surface area contributed by atoms with Crippen LogP contribution in [-0.2, 0) is 0 Å². The lowest BCUT2D eigenvalue weighted by Gasteiger charge is -2.09. The third kappa shape index (κ3) is 2.12. The normalized spacial score (nSPS) is 11.0. The Bertz CT molecular complexity index is 1120. The van der Waals surface area contributed by atoms with E-state index in [9.17, 15) is 9.90 Å². The van der Waals surface area contributed by atoms with Crippen LogP contribution in [0, 0.1) is 0 Å². The van der Waals surface area contributed by atoms with Crippen LogP contribution in [0.4, 0.5) is 0 Å². The van der Waals surface area contributed by atoms with Crippen LogP contribution in [0.1, 0.15) is 0 Å². The molecule has 0 amide bonds. The SMILES string of the molecule is COc1ccc2oc(-c3cccc4ccccc34)c(O)c(=O)c2c1. The highest BCUT2D eigenvalue weighted by molar-refractivity contribution is 5.97. The Morgan fingerprint density at radius 2 is 1.75 bits per heavy atom. The second-order valence-corrected chi connectivity index (χ2v) is 5.50. The van der Waals surface area contributed by atoms with E-state index in [0.717, 1.165) is 10.8 Å². The molecule has 1 aromatic heterocycles. The van der Waals surface area contributed by atoms with E-state index >= 15 is 0 Å². The summed E-state index contributed by atoms with van der Waals surface area (Å²) in [6.07, 6.45) is 0. The maximum Gasteiger partial charge on any atom is 0.235 e. The number of rotatable bonds is 2. The summed E-state index contributed by atoms with van der Waals surface area (Å²) >= 11 is 0. The molecular weight excluding hydrogens is 304 g/mol. The van der Waals surface area contributed by atoms with Gasteiger partial charge in [-0.1, -0.05) is 42.5 Å². The van der Waals surface area contributed by atoms with E-state index in [1.54, 1.807) is 18.2 Å². The molecule has 0 aliphatic carbocycles. The zero-order chi connectivity index (χ0) is 16.7. The van der Waals surface area contributed by atoms with Crippen molar-refractivity contribution in [2.45, 2.75) is 0 Å². The van der Waals surface area contributed by atoms with Crippen LogP contribution in [0.15, 0.2) is 69.9 Å². The predicted molar refractivity (Wildman–Crippen MR) is 93.6 cm³/mol. The zero-order valence-electron chi connectivity index (χ0n) is 12.9. The lowest BCUT2D eigenvalue weighted by atomic mass is 10.0. The fourth-order valence-corrected chi connectivity index (χ4v) is 2.90. The molecule has 0 saturated heterocycles. The van der Waals surface area contributed by atoms with Crippen LogP contribution in [0.3, 0.4) is 0 Å². The average Bonchev–Trinajstić information content (AvgIpc) is 2.64. The number of aromatic hydroxyl groups is 1. The smallest absolute Gasteiger partial charge is 0.235 e. The van der Waals surface area contributed by atoms with Crippen LogP contribution in [0.25, 0.3) is 33.1 Å². The number of methoxy groups -OCH3 is 1. The molecule has 0 radical (unpaired) electrons. The Balaban J connectivity index is 2.07. The van der Waals surface area contributed by atoms with Crippen molar-refractivity contribution < 1.29 is 14.3 Å². The van der Waals surface area contributed by atoms with E-state index in [2.05, 4.69) is 0 Å². The Morgan fingerprint density at radius 1 is 0.958 bits per heavy atom. The summed E-state index contributed by atoms with van der Waals surface area (Å²) in [7, 11) is 1.52. The fourth-order valence-electron chi connectivity index (χ4n) is 2.90. The van der Waals surface area contributed by atoms with Gasteiger partial charge in [0, 0.05) is 5.56 Å². The highest BCUT2D eigenvalue weighted by Gasteiger charge is 2.17. The Labute approximate surface area is 137 Å². The van der Waals surface area contributed by atoms with E-state index < -0.39 is 11.2 Å². The monoisotopic (exact) mass is 318 g/mol. The molecule has 0 atom stereocenters. The topological polar surface area (TPSA) is 59.7 Å². The number of ether oxygens (including phenoxy) is 1. The third-order valence-electron chi connectivity index (χ3n) is 4.11. The van der Waals surface area contributed by atoms with Gasteiger partial charge in [0.2, 0.25) is 11.2 Å². The molecule has 0 saturated carbocycles. The molecule has 0 fully saturated rings. The molecule has 0 unspecified atom stereocenters. The highest BCUT2D eigenvalue weighted by Crippen LogP contribution is 2.35. The summed E-state index contributed by atoms with van der Waals surface area (Å²) < 4.78 is 11.0. The van der Waals surface area contributed by atoms with Gasteiger partial charge in [-0.15, -0.1) is 0 Å². The Kier molecular flexibility index (Phi) is 3.24. The van der Waals surface area contributed by atoms with E-state index in [4.69, 9.17) is 9.15 Å². The summed E-state index contributed by atoms with van der Waals surface area (Å²) in [5.41, 5.74) is 0.611. The van der Waals surface area contributed by atoms with Gasteiger partial charge >= 0.3 is 0 Å². The Hall–Kier alpha value is -3.27. The van der Waals surface area contributed by atoms with Crippen molar-refractivity contribution in [2.24, 2.45) is 0 Å². The molecule has 3 aromatic carbocycles. The Morgan fingerprint density at radius 3 is 2.58 bits per heavy atom. The van der Waals surface area contributed by atoms with Gasteiger partial charge in [0.1, 0.15) is 11.3 Å². The van der Waals surface area contributed by atoms with Gasteiger partial charge in [-0.25, -0.2) is 0 Å². The first kappa shape index (κ1) is 14.3. The van der Waals surface area contributed by atoms with E-state index in [1.165, 1.54) is 7.11 Å². The molecular formula is C20H14O4. The quantitative estimate of drug-likeness (QED) is 0.598. The standard InChI is InChI=1S/C20H14O4/c1-23-13-9-10-17-16(11-13)18(21)19(22)20(24-17)15-8-4-6-12-5-2-3-7-14(12)15/h2-11,22H,1H3. The molecule has 118 valence electrons. The molecule has 0 aliphatic rings. The minimum atomic E-state index is -0.474. The molecule has 24 heavy (non-hydrogen) atoms. The zero-order valence-corrected chi connectivity index (χ0v) is 12.9. The van der Waals surface area contributed by atoms with Gasteiger partial charge in [0.05, 0.1) is 12.5 Å². The second-order valence-electron chi connectivity index (χ2n) is 5.50. The molecule has 1 heterocycles.